The molecule has 0 spiro atoms. The summed E-state index contributed by atoms with van der Waals surface area (Å²) in [5.74, 6) is 0.656. The zero-order valence-corrected chi connectivity index (χ0v) is 8.28. The van der Waals surface area contributed by atoms with Gasteiger partial charge in [-0.3, -0.25) is 0 Å². The third-order valence-electron chi connectivity index (χ3n) is 1.97. The van der Waals surface area contributed by atoms with E-state index in [0.717, 1.165) is 12.8 Å². The van der Waals surface area contributed by atoms with E-state index in [1.165, 1.54) is 0 Å². The van der Waals surface area contributed by atoms with Crippen LogP contribution in [0, 0.1) is 0 Å². The first kappa shape index (κ1) is 10.1. The maximum atomic E-state index is 5.30. The summed E-state index contributed by atoms with van der Waals surface area (Å²) in [6, 6.07) is 0. The third-order valence-corrected chi connectivity index (χ3v) is 1.97. The highest BCUT2D eigenvalue weighted by Crippen LogP contribution is 2.23. The van der Waals surface area contributed by atoms with Crippen LogP contribution in [0.3, 0.4) is 0 Å². The second-order valence-corrected chi connectivity index (χ2v) is 3.72. The minimum atomic E-state index is -0.0670. The SMILES string of the molecule is [B]c1nnc(C(C)(C)CCC)nn1. The van der Waals surface area contributed by atoms with Gasteiger partial charge in [0.1, 0.15) is 5.72 Å². The molecule has 0 N–H and O–H groups in total. The van der Waals surface area contributed by atoms with Crippen molar-refractivity contribution in [3.63, 3.8) is 0 Å². The van der Waals surface area contributed by atoms with Crippen LogP contribution in [-0.4, -0.2) is 28.2 Å². The molecule has 1 aromatic heterocycles. The molecule has 0 aromatic carbocycles. The zero-order chi connectivity index (χ0) is 9.90. The van der Waals surface area contributed by atoms with Gasteiger partial charge in [-0.15, -0.1) is 20.4 Å². The van der Waals surface area contributed by atoms with Crippen molar-refractivity contribution in [1.82, 2.24) is 20.4 Å². The second-order valence-electron chi connectivity index (χ2n) is 3.72. The standard InChI is InChI=1S/C8H13BN4/c1-4-5-8(2,3)6-10-12-7(9)13-11-6/h4-5H2,1-3H3. The van der Waals surface area contributed by atoms with E-state index in [9.17, 15) is 0 Å². The molecule has 4 nitrogen and oxygen atoms in total. The van der Waals surface area contributed by atoms with Gasteiger partial charge in [-0.2, -0.15) is 0 Å². The van der Waals surface area contributed by atoms with Crippen LogP contribution >= 0.6 is 0 Å². The maximum Gasteiger partial charge on any atom is 0.179 e. The van der Waals surface area contributed by atoms with Crippen LogP contribution in [0.1, 0.15) is 39.4 Å². The summed E-state index contributed by atoms with van der Waals surface area (Å²) in [5, 5.41) is 15.2. The zero-order valence-electron chi connectivity index (χ0n) is 8.28. The molecule has 0 saturated heterocycles. The molecule has 0 aliphatic heterocycles. The molecule has 5 heteroatoms. The highest BCUT2D eigenvalue weighted by Gasteiger charge is 2.23. The summed E-state index contributed by atoms with van der Waals surface area (Å²) in [6.45, 7) is 6.27. The van der Waals surface area contributed by atoms with Gasteiger partial charge in [0.25, 0.3) is 0 Å². The lowest BCUT2D eigenvalue weighted by molar-refractivity contribution is 0.431. The second kappa shape index (κ2) is 3.81. The average Bonchev–Trinajstić information content (AvgIpc) is 2.05. The Kier molecular flexibility index (Phi) is 2.96. The molecular weight excluding hydrogens is 163 g/mol. The van der Waals surface area contributed by atoms with Gasteiger partial charge in [-0.25, -0.2) is 0 Å². The third kappa shape index (κ3) is 2.47. The topological polar surface area (TPSA) is 51.6 Å². The predicted molar refractivity (Wildman–Crippen MR) is 50.9 cm³/mol. The van der Waals surface area contributed by atoms with Crippen LogP contribution in [0.5, 0.6) is 0 Å². The molecule has 1 aromatic rings. The summed E-state index contributed by atoms with van der Waals surface area (Å²) in [7, 11) is 5.30. The van der Waals surface area contributed by atoms with Crippen molar-refractivity contribution in [3.8, 4) is 0 Å². The Morgan fingerprint density at radius 3 is 2.15 bits per heavy atom. The Hall–Kier alpha value is -0.995. The molecule has 0 atom stereocenters. The van der Waals surface area contributed by atoms with E-state index in [4.69, 9.17) is 7.85 Å². The van der Waals surface area contributed by atoms with Crippen LogP contribution in [-0.2, 0) is 5.41 Å². The number of aromatic nitrogens is 4. The van der Waals surface area contributed by atoms with Gasteiger partial charge in [0.05, 0.1) is 0 Å². The Morgan fingerprint density at radius 1 is 1.15 bits per heavy atom. The smallest absolute Gasteiger partial charge is 0.144 e. The first-order chi connectivity index (χ1) is 6.06. The number of hydrogen-bond donors (Lipinski definition) is 0. The van der Waals surface area contributed by atoms with Crippen LogP contribution in [0.15, 0.2) is 0 Å². The molecule has 0 saturated carbocycles. The summed E-state index contributed by atoms with van der Waals surface area (Å²) < 4.78 is 0. The number of hydrogen-bond acceptors (Lipinski definition) is 4. The quantitative estimate of drug-likeness (QED) is 0.614. The highest BCUT2D eigenvalue weighted by molar-refractivity contribution is 6.28. The molecule has 0 aliphatic rings. The molecule has 0 fully saturated rings. The van der Waals surface area contributed by atoms with Crippen molar-refractivity contribution in [3.05, 3.63) is 5.82 Å². The van der Waals surface area contributed by atoms with Gasteiger partial charge < -0.3 is 0 Å². The predicted octanol–water partition coefficient (Wildman–Crippen LogP) is 0.138. The monoisotopic (exact) mass is 176 g/mol. The minimum absolute atomic E-state index is 0.0670. The first-order valence-electron chi connectivity index (χ1n) is 4.39. The Morgan fingerprint density at radius 2 is 1.69 bits per heavy atom. The van der Waals surface area contributed by atoms with E-state index >= 15 is 0 Å². The molecule has 1 rings (SSSR count). The van der Waals surface area contributed by atoms with E-state index in [1.807, 2.05) is 0 Å². The van der Waals surface area contributed by atoms with Gasteiger partial charge in [0.15, 0.2) is 13.7 Å². The van der Waals surface area contributed by atoms with Gasteiger partial charge in [0.2, 0.25) is 0 Å². The van der Waals surface area contributed by atoms with Gasteiger partial charge in [0, 0.05) is 5.41 Å². The molecule has 0 unspecified atom stereocenters. The largest absolute Gasteiger partial charge is 0.179 e. The summed E-state index contributed by atoms with van der Waals surface area (Å²) in [4.78, 5) is 0. The molecule has 68 valence electrons. The number of rotatable bonds is 3. The lowest BCUT2D eigenvalue weighted by Gasteiger charge is -2.20. The fourth-order valence-corrected chi connectivity index (χ4v) is 1.24. The van der Waals surface area contributed by atoms with Crippen molar-refractivity contribution in [2.75, 3.05) is 0 Å². The molecule has 0 aliphatic carbocycles. The van der Waals surface area contributed by atoms with Gasteiger partial charge >= 0.3 is 0 Å². The van der Waals surface area contributed by atoms with Crippen LogP contribution in [0.2, 0.25) is 0 Å². The molecular formula is C8H13BN4. The highest BCUT2D eigenvalue weighted by atomic mass is 15.3. The van der Waals surface area contributed by atoms with Gasteiger partial charge in [-0.1, -0.05) is 27.2 Å². The lowest BCUT2D eigenvalue weighted by atomic mass is 9.87. The summed E-state index contributed by atoms with van der Waals surface area (Å²) in [6.07, 6.45) is 2.10. The molecule has 0 bridgehead atoms. The Labute approximate surface area is 79.6 Å². The van der Waals surface area contributed by atoms with E-state index in [1.54, 1.807) is 0 Å². The van der Waals surface area contributed by atoms with Crippen molar-refractivity contribution in [1.29, 1.82) is 0 Å². The van der Waals surface area contributed by atoms with Crippen molar-refractivity contribution in [2.24, 2.45) is 0 Å². The van der Waals surface area contributed by atoms with Crippen LogP contribution in [0.25, 0.3) is 0 Å². The molecule has 1 heterocycles. The van der Waals surface area contributed by atoms with Gasteiger partial charge in [-0.05, 0) is 6.42 Å². The molecule has 2 radical (unpaired) electrons. The van der Waals surface area contributed by atoms with Crippen molar-refractivity contribution < 1.29 is 0 Å². The van der Waals surface area contributed by atoms with E-state index < -0.39 is 0 Å². The normalized spacial score (nSPS) is 11.6. The summed E-state index contributed by atoms with van der Waals surface area (Å²) in [5.41, 5.74) is 0.0543. The Balaban J connectivity index is 2.87. The van der Waals surface area contributed by atoms with Crippen LogP contribution in [0.4, 0.5) is 0 Å². The molecule has 13 heavy (non-hydrogen) atoms. The average molecular weight is 176 g/mol. The van der Waals surface area contributed by atoms with Crippen LogP contribution < -0.4 is 5.72 Å². The summed E-state index contributed by atoms with van der Waals surface area (Å²) >= 11 is 0. The fourth-order valence-electron chi connectivity index (χ4n) is 1.24. The maximum absolute atomic E-state index is 5.30. The molecule has 0 amide bonds. The van der Waals surface area contributed by atoms with E-state index in [2.05, 4.69) is 41.2 Å². The fraction of sp³-hybridized carbons (Fsp3) is 0.750. The first-order valence-corrected chi connectivity index (χ1v) is 4.39. The minimum Gasteiger partial charge on any atom is -0.144 e. The lowest BCUT2D eigenvalue weighted by Crippen LogP contribution is -2.26. The number of nitrogens with zero attached hydrogens (tertiary/aromatic N) is 4. The van der Waals surface area contributed by atoms with E-state index in [0.29, 0.717) is 5.82 Å². The Bertz CT molecular complexity index is 270. The van der Waals surface area contributed by atoms with Crippen molar-refractivity contribution in [2.45, 2.75) is 39.0 Å². The van der Waals surface area contributed by atoms with E-state index in [-0.39, 0.29) is 11.1 Å². The van der Waals surface area contributed by atoms with Crippen molar-refractivity contribution >= 4 is 13.6 Å².